The van der Waals surface area contributed by atoms with Gasteiger partial charge in [-0.1, -0.05) is 18.2 Å². The van der Waals surface area contributed by atoms with Crippen LogP contribution in [0.15, 0.2) is 29.2 Å². The molecule has 2 heterocycles. The summed E-state index contributed by atoms with van der Waals surface area (Å²) in [5.74, 6) is 0.171. The van der Waals surface area contributed by atoms with Gasteiger partial charge in [-0.05, 0) is 30.9 Å². The van der Waals surface area contributed by atoms with Crippen LogP contribution in [0.1, 0.15) is 24.8 Å². The van der Waals surface area contributed by atoms with E-state index >= 15 is 0 Å². The highest BCUT2D eigenvalue weighted by atomic mass is 32.2. The predicted molar refractivity (Wildman–Crippen MR) is 83.3 cm³/mol. The first kappa shape index (κ1) is 15.9. The molecule has 0 amide bonds. The smallest absolute Gasteiger partial charge is 0.179 e. The van der Waals surface area contributed by atoms with Crippen LogP contribution >= 0.6 is 0 Å². The molecule has 1 aromatic rings. The average Bonchev–Trinajstić information content (AvgIpc) is 2.66. The van der Waals surface area contributed by atoms with Crippen molar-refractivity contribution < 1.29 is 17.9 Å². The second-order valence-corrected chi connectivity index (χ2v) is 7.95. The van der Waals surface area contributed by atoms with E-state index < -0.39 is 9.84 Å². The summed E-state index contributed by atoms with van der Waals surface area (Å²) < 4.78 is 35.9. The topological polar surface area (TPSA) is 55.8 Å². The van der Waals surface area contributed by atoms with E-state index in [-0.39, 0.29) is 12.0 Å². The molecule has 1 atom stereocenters. The average molecular weight is 325 g/mol. The zero-order chi connectivity index (χ0) is 15.4. The van der Waals surface area contributed by atoms with Gasteiger partial charge >= 0.3 is 0 Å². The van der Waals surface area contributed by atoms with Crippen LogP contribution in [0.4, 0.5) is 0 Å². The second-order valence-electron chi connectivity index (χ2n) is 5.87. The van der Waals surface area contributed by atoms with Crippen LogP contribution in [0, 0.1) is 0 Å². The van der Waals surface area contributed by atoms with Crippen molar-refractivity contribution in [2.45, 2.75) is 37.0 Å². The Labute approximate surface area is 132 Å². The second kappa shape index (κ2) is 7.08. The Bertz CT molecular complexity index is 596. The Balaban J connectivity index is 1.57. The van der Waals surface area contributed by atoms with Gasteiger partial charge in [0.05, 0.1) is 17.3 Å². The minimum absolute atomic E-state index is 0.0863. The minimum atomic E-state index is -3.16. The Kier molecular flexibility index (Phi) is 5.13. The molecule has 0 N–H and O–H groups in total. The van der Waals surface area contributed by atoms with Gasteiger partial charge in [-0.15, -0.1) is 0 Å². The molecule has 0 spiro atoms. The lowest BCUT2D eigenvalue weighted by Gasteiger charge is -2.25. The summed E-state index contributed by atoms with van der Waals surface area (Å²) in [6, 6.07) is 7.29. The minimum Gasteiger partial charge on any atom is -0.353 e. The van der Waals surface area contributed by atoms with Crippen molar-refractivity contribution in [2.75, 3.05) is 32.1 Å². The fourth-order valence-corrected chi connectivity index (χ4v) is 4.50. The first-order valence-electron chi connectivity index (χ1n) is 7.91. The summed E-state index contributed by atoms with van der Waals surface area (Å²) in [6.45, 7) is 3.28. The van der Waals surface area contributed by atoms with Crippen molar-refractivity contribution in [3.8, 4) is 0 Å². The predicted octanol–water partition coefficient (Wildman–Crippen LogP) is 1.82. The number of fused-ring (bicyclic) bond motifs is 1. The third kappa shape index (κ3) is 3.87. The highest BCUT2D eigenvalue weighted by Gasteiger charge is 2.25. The summed E-state index contributed by atoms with van der Waals surface area (Å²) in [7, 11) is -3.16. The van der Waals surface area contributed by atoms with E-state index in [4.69, 9.17) is 9.47 Å². The number of benzene rings is 1. The van der Waals surface area contributed by atoms with Crippen LogP contribution in [0.5, 0.6) is 0 Å². The number of nitrogens with zero attached hydrogens (tertiary/aromatic N) is 1. The van der Waals surface area contributed by atoms with Gasteiger partial charge in [-0.25, -0.2) is 8.42 Å². The van der Waals surface area contributed by atoms with E-state index in [0.717, 1.165) is 38.0 Å². The van der Waals surface area contributed by atoms with Crippen molar-refractivity contribution in [2.24, 2.45) is 0 Å². The van der Waals surface area contributed by atoms with Gasteiger partial charge in [0, 0.05) is 26.2 Å². The van der Waals surface area contributed by atoms with Crippen LogP contribution in [-0.2, 0) is 25.9 Å². The Morgan fingerprint density at radius 1 is 1.27 bits per heavy atom. The van der Waals surface area contributed by atoms with Gasteiger partial charge < -0.3 is 9.47 Å². The lowest BCUT2D eigenvalue weighted by atomic mass is 10.2. The standard InChI is InChI=1S/C16H23NO4S/c18-22(19)12-9-17(13-14-5-1-2-6-15(14)22)8-11-21-16-7-3-4-10-20-16/h1-2,5-6,16H,3-4,7-13H2/t16-/m0/s1. The summed E-state index contributed by atoms with van der Waals surface area (Å²) in [4.78, 5) is 2.63. The van der Waals surface area contributed by atoms with Gasteiger partial charge in [-0.3, -0.25) is 4.90 Å². The van der Waals surface area contributed by atoms with E-state index in [1.165, 1.54) is 0 Å². The third-order valence-corrected chi connectivity index (χ3v) is 6.02. The zero-order valence-corrected chi connectivity index (χ0v) is 13.6. The SMILES string of the molecule is O=S1(=O)CCN(CCO[C@H]2CCCCO2)Cc2ccccc21. The molecule has 0 aromatic heterocycles. The molecule has 2 aliphatic rings. The molecule has 1 fully saturated rings. The molecule has 0 saturated carbocycles. The molecular weight excluding hydrogens is 302 g/mol. The first-order chi connectivity index (χ1) is 10.6. The van der Waals surface area contributed by atoms with Crippen molar-refractivity contribution in [1.82, 2.24) is 4.90 Å². The molecular formula is C16H23NO4S. The van der Waals surface area contributed by atoms with Gasteiger partial charge in [0.15, 0.2) is 16.1 Å². The number of sulfone groups is 1. The molecule has 5 nitrogen and oxygen atoms in total. The van der Waals surface area contributed by atoms with E-state index in [9.17, 15) is 8.42 Å². The highest BCUT2D eigenvalue weighted by molar-refractivity contribution is 7.91. The third-order valence-electron chi connectivity index (χ3n) is 4.23. The Morgan fingerprint density at radius 2 is 2.14 bits per heavy atom. The van der Waals surface area contributed by atoms with Crippen molar-refractivity contribution in [3.63, 3.8) is 0 Å². The largest absolute Gasteiger partial charge is 0.353 e. The lowest BCUT2D eigenvalue weighted by molar-refractivity contribution is -0.164. The van der Waals surface area contributed by atoms with Crippen LogP contribution in [0.3, 0.4) is 0 Å². The summed E-state index contributed by atoms with van der Waals surface area (Å²) in [5, 5.41) is 0. The van der Waals surface area contributed by atoms with Crippen molar-refractivity contribution in [3.05, 3.63) is 29.8 Å². The number of hydrogen-bond donors (Lipinski definition) is 0. The normalized spacial score (nSPS) is 25.4. The molecule has 6 heteroatoms. The van der Waals surface area contributed by atoms with Crippen LogP contribution in [0.2, 0.25) is 0 Å². The molecule has 1 aromatic carbocycles. The molecule has 0 bridgehead atoms. The monoisotopic (exact) mass is 325 g/mol. The highest BCUT2D eigenvalue weighted by Crippen LogP contribution is 2.22. The fraction of sp³-hybridized carbons (Fsp3) is 0.625. The van der Waals surface area contributed by atoms with Crippen LogP contribution in [0.25, 0.3) is 0 Å². The maximum Gasteiger partial charge on any atom is 0.179 e. The van der Waals surface area contributed by atoms with Gasteiger partial charge in [0.1, 0.15) is 0 Å². The molecule has 1 saturated heterocycles. The van der Waals surface area contributed by atoms with Crippen molar-refractivity contribution >= 4 is 9.84 Å². The number of hydrogen-bond acceptors (Lipinski definition) is 5. The zero-order valence-electron chi connectivity index (χ0n) is 12.7. The maximum atomic E-state index is 12.3. The Morgan fingerprint density at radius 3 is 2.95 bits per heavy atom. The maximum absolute atomic E-state index is 12.3. The van der Waals surface area contributed by atoms with Crippen LogP contribution < -0.4 is 0 Å². The quantitative estimate of drug-likeness (QED) is 0.845. The van der Waals surface area contributed by atoms with Crippen LogP contribution in [-0.4, -0.2) is 51.7 Å². The molecule has 0 radical (unpaired) electrons. The molecule has 2 aliphatic heterocycles. The summed E-state index contributed by atoms with van der Waals surface area (Å²) >= 11 is 0. The summed E-state index contributed by atoms with van der Waals surface area (Å²) in [6.07, 6.45) is 3.13. The van der Waals surface area contributed by atoms with Crippen molar-refractivity contribution in [1.29, 1.82) is 0 Å². The Hall–Kier alpha value is -0.950. The lowest BCUT2D eigenvalue weighted by Crippen LogP contribution is -2.32. The number of rotatable bonds is 4. The van der Waals surface area contributed by atoms with E-state index in [0.29, 0.717) is 24.6 Å². The van der Waals surface area contributed by atoms with Gasteiger partial charge in [0.25, 0.3) is 0 Å². The molecule has 0 aliphatic carbocycles. The fourth-order valence-electron chi connectivity index (χ4n) is 2.96. The molecule has 0 unspecified atom stereocenters. The van der Waals surface area contributed by atoms with Gasteiger partial charge in [0.2, 0.25) is 0 Å². The van der Waals surface area contributed by atoms with E-state index in [1.54, 1.807) is 12.1 Å². The molecule has 22 heavy (non-hydrogen) atoms. The van der Waals surface area contributed by atoms with E-state index in [1.807, 2.05) is 12.1 Å². The van der Waals surface area contributed by atoms with E-state index in [2.05, 4.69) is 4.90 Å². The molecule has 122 valence electrons. The summed E-state index contributed by atoms with van der Waals surface area (Å²) in [5.41, 5.74) is 0.883. The van der Waals surface area contributed by atoms with Gasteiger partial charge in [-0.2, -0.15) is 0 Å². The first-order valence-corrected chi connectivity index (χ1v) is 9.56. The molecule has 3 rings (SSSR count). The number of ether oxygens (including phenoxy) is 2.